The predicted octanol–water partition coefficient (Wildman–Crippen LogP) is 0.252. The van der Waals surface area contributed by atoms with Crippen LogP contribution in [-0.2, 0) is 4.84 Å². The summed E-state index contributed by atoms with van der Waals surface area (Å²) in [5.41, 5.74) is 4.48. The standard InChI is InChI=1S/C12H14N6O4/c1-22-17-11-10-9(15-5-16-11)6(2-14-10)7-3-13-8(4-19)18(21)12(7)20/h2-3,5,8,14,19-21H,4H2,1H3,(H,15,16,17)/t8-/m1/s1. The summed E-state index contributed by atoms with van der Waals surface area (Å²) >= 11 is 0. The van der Waals surface area contributed by atoms with Gasteiger partial charge >= 0.3 is 0 Å². The van der Waals surface area contributed by atoms with Gasteiger partial charge in [-0.3, -0.25) is 15.0 Å². The zero-order valence-corrected chi connectivity index (χ0v) is 11.6. The molecule has 22 heavy (non-hydrogen) atoms. The Kier molecular flexibility index (Phi) is 3.63. The summed E-state index contributed by atoms with van der Waals surface area (Å²) in [6, 6.07) is 0. The van der Waals surface area contributed by atoms with Gasteiger partial charge in [0, 0.05) is 18.0 Å². The van der Waals surface area contributed by atoms with Crippen molar-refractivity contribution < 1.29 is 20.3 Å². The van der Waals surface area contributed by atoms with Crippen molar-refractivity contribution in [3.63, 3.8) is 0 Å². The number of hydrogen-bond donors (Lipinski definition) is 5. The number of nitrogens with zero attached hydrogens (tertiary/aromatic N) is 4. The van der Waals surface area contributed by atoms with Crippen molar-refractivity contribution in [2.75, 3.05) is 19.2 Å². The lowest BCUT2D eigenvalue weighted by atomic mass is 10.1. The SMILES string of the molecule is CONc1ncnc2c(C3=C(O)N(O)[C@H](CO)N=C3)c[nH]c12. The molecule has 0 amide bonds. The zero-order valence-electron chi connectivity index (χ0n) is 11.6. The van der Waals surface area contributed by atoms with E-state index in [0.29, 0.717) is 27.5 Å². The van der Waals surface area contributed by atoms with E-state index in [1.165, 1.54) is 19.7 Å². The van der Waals surface area contributed by atoms with Crippen molar-refractivity contribution >= 4 is 28.6 Å². The van der Waals surface area contributed by atoms with E-state index in [1.54, 1.807) is 6.20 Å². The molecule has 1 atom stereocenters. The third-order valence-electron chi connectivity index (χ3n) is 3.23. The van der Waals surface area contributed by atoms with Crippen molar-refractivity contribution in [3.8, 4) is 0 Å². The second-order valence-corrected chi connectivity index (χ2v) is 4.48. The highest BCUT2D eigenvalue weighted by Gasteiger charge is 2.26. The lowest BCUT2D eigenvalue weighted by Gasteiger charge is -2.26. The Morgan fingerprint density at radius 2 is 2.27 bits per heavy atom. The van der Waals surface area contributed by atoms with E-state index < -0.39 is 18.7 Å². The van der Waals surface area contributed by atoms with E-state index >= 15 is 0 Å². The van der Waals surface area contributed by atoms with Gasteiger partial charge < -0.3 is 15.2 Å². The van der Waals surface area contributed by atoms with Crippen molar-refractivity contribution in [2.24, 2.45) is 4.99 Å². The normalized spacial score (nSPS) is 18.3. The first kappa shape index (κ1) is 14.3. The molecule has 1 aliphatic heterocycles. The Bertz CT molecular complexity index is 755. The molecule has 116 valence electrons. The number of fused-ring (bicyclic) bond motifs is 1. The first-order valence-corrected chi connectivity index (χ1v) is 6.34. The van der Waals surface area contributed by atoms with E-state index in [9.17, 15) is 10.3 Å². The van der Waals surface area contributed by atoms with Gasteiger partial charge in [-0.05, 0) is 0 Å². The molecule has 0 bridgehead atoms. The van der Waals surface area contributed by atoms with Gasteiger partial charge in [0.15, 0.2) is 12.0 Å². The number of aromatic amines is 1. The quantitative estimate of drug-likeness (QED) is 0.507. The summed E-state index contributed by atoms with van der Waals surface area (Å²) in [6.07, 6.45) is 3.38. The van der Waals surface area contributed by atoms with Gasteiger partial charge in [0.1, 0.15) is 17.4 Å². The average Bonchev–Trinajstić information content (AvgIpc) is 2.95. The second kappa shape index (κ2) is 5.60. The fraction of sp³-hybridized carbons (Fsp3) is 0.250. The summed E-state index contributed by atoms with van der Waals surface area (Å²) in [6.45, 7) is -0.428. The Morgan fingerprint density at radius 3 is 3.00 bits per heavy atom. The third kappa shape index (κ3) is 2.15. The molecule has 0 spiro atoms. The molecule has 2 aromatic heterocycles. The van der Waals surface area contributed by atoms with Crippen molar-refractivity contribution in [3.05, 3.63) is 24.0 Å². The van der Waals surface area contributed by atoms with Gasteiger partial charge in [0.05, 0.1) is 19.3 Å². The lowest BCUT2D eigenvalue weighted by molar-refractivity contribution is -0.134. The molecule has 0 unspecified atom stereocenters. The number of aromatic nitrogens is 3. The minimum Gasteiger partial charge on any atom is -0.493 e. The van der Waals surface area contributed by atoms with E-state index in [4.69, 9.17) is 9.94 Å². The van der Waals surface area contributed by atoms with Crippen LogP contribution in [0.3, 0.4) is 0 Å². The monoisotopic (exact) mass is 306 g/mol. The lowest BCUT2D eigenvalue weighted by Crippen LogP contribution is -2.36. The Labute approximate surface area is 124 Å². The van der Waals surface area contributed by atoms with Crippen molar-refractivity contribution in [2.45, 2.75) is 6.17 Å². The molecule has 3 rings (SSSR count). The van der Waals surface area contributed by atoms with E-state index in [1.807, 2.05) is 0 Å². The van der Waals surface area contributed by atoms with Crippen molar-refractivity contribution in [1.82, 2.24) is 20.0 Å². The first-order chi connectivity index (χ1) is 10.7. The number of rotatable bonds is 4. The molecule has 0 aromatic carbocycles. The summed E-state index contributed by atoms with van der Waals surface area (Å²) in [5.74, 6) is 0.00971. The highest BCUT2D eigenvalue weighted by atomic mass is 16.6. The molecule has 0 fully saturated rings. The third-order valence-corrected chi connectivity index (χ3v) is 3.23. The van der Waals surface area contributed by atoms with Gasteiger partial charge in [-0.1, -0.05) is 0 Å². The van der Waals surface area contributed by atoms with Crippen LogP contribution in [0.15, 0.2) is 23.4 Å². The first-order valence-electron chi connectivity index (χ1n) is 6.34. The number of aliphatic hydroxyl groups is 2. The number of aliphatic imine (C=N–C) groups is 1. The van der Waals surface area contributed by atoms with Gasteiger partial charge in [-0.25, -0.2) is 15.4 Å². The Hall–Kier alpha value is -2.69. The second-order valence-electron chi connectivity index (χ2n) is 4.48. The molecule has 3 heterocycles. The maximum atomic E-state index is 10.1. The average molecular weight is 306 g/mol. The Balaban J connectivity index is 2.10. The van der Waals surface area contributed by atoms with Crippen LogP contribution >= 0.6 is 0 Å². The van der Waals surface area contributed by atoms with Gasteiger partial charge in [-0.15, -0.1) is 0 Å². The summed E-state index contributed by atoms with van der Waals surface area (Å²) in [4.78, 5) is 20.0. The molecular weight excluding hydrogens is 292 g/mol. The van der Waals surface area contributed by atoms with Gasteiger partial charge in [-0.2, -0.15) is 5.06 Å². The van der Waals surface area contributed by atoms with Crippen LogP contribution in [-0.4, -0.2) is 61.5 Å². The smallest absolute Gasteiger partial charge is 0.223 e. The number of anilines is 1. The van der Waals surface area contributed by atoms with Crippen LogP contribution in [0.5, 0.6) is 0 Å². The van der Waals surface area contributed by atoms with Gasteiger partial charge in [0.2, 0.25) is 5.88 Å². The minimum atomic E-state index is -0.936. The number of hydrogen-bond acceptors (Lipinski definition) is 9. The fourth-order valence-electron chi connectivity index (χ4n) is 2.18. The number of hydroxylamine groups is 2. The van der Waals surface area contributed by atoms with E-state index in [-0.39, 0.29) is 5.57 Å². The number of aliphatic hydroxyl groups excluding tert-OH is 2. The number of allylic oxidation sites excluding steroid dienone is 1. The van der Waals surface area contributed by atoms with Crippen LogP contribution in [0.1, 0.15) is 5.56 Å². The van der Waals surface area contributed by atoms with Gasteiger partial charge in [0.25, 0.3) is 0 Å². The topological polar surface area (TPSA) is 139 Å². The molecular formula is C12H14N6O4. The Morgan fingerprint density at radius 1 is 1.45 bits per heavy atom. The fourth-order valence-corrected chi connectivity index (χ4v) is 2.18. The molecule has 10 heteroatoms. The molecule has 0 aliphatic carbocycles. The molecule has 0 saturated heterocycles. The maximum absolute atomic E-state index is 10.1. The van der Waals surface area contributed by atoms with Crippen LogP contribution < -0.4 is 5.48 Å². The summed E-state index contributed by atoms with van der Waals surface area (Å²) in [5, 5.41) is 29.5. The summed E-state index contributed by atoms with van der Waals surface area (Å²) < 4.78 is 0. The molecule has 1 aliphatic rings. The van der Waals surface area contributed by atoms with E-state index in [2.05, 4.69) is 25.4 Å². The highest BCUT2D eigenvalue weighted by Crippen LogP contribution is 2.29. The van der Waals surface area contributed by atoms with Crippen LogP contribution in [0.4, 0.5) is 5.82 Å². The van der Waals surface area contributed by atoms with E-state index in [0.717, 1.165) is 0 Å². The van der Waals surface area contributed by atoms with Crippen LogP contribution in [0.2, 0.25) is 0 Å². The molecule has 0 saturated carbocycles. The predicted molar refractivity (Wildman–Crippen MR) is 77.1 cm³/mol. The van der Waals surface area contributed by atoms with Crippen LogP contribution in [0, 0.1) is 0 Å². The largest absolute Gasteiger partial charge is 0.493 e. The highest BCUT2D eigenvalue weighted by molar-refractivity contribution is 6.15. The molecule has 5 N–H and O–H groups in total. The minimum absolute atomic E-state index is 0.264. The summed E-state index contributed by atoms with van der Waals surface area (Å²) in [7, 11) is 1.46. The zero-order chi connectivity index (χ0) is 15.7. The molecule has 0 radical (unpaired) electrons. The molecule has 10 nitrogen and oxygen atoms in total. The maximum Gasteiger partial charge on any atom is 0.223 e. The number of H-pyrrole nitrogens is 1. The molecule has 2 aromatic rings. The van der Waals surface area contributed by atoms with Crippen LogP contribution in [0.25, 0.3) is 16.6 Å². The number of nitrogens with one attached hydrogen (secondary N) is 2. The van der Waals surface area contributed by atoms with Crippen molar-refractivity contribution in [1.29, 1.82) is 0 Å².